The number of nitrogens with one attached hydrogen (secondary N) is 1. The van der Waals surface area contributed by atoms with Gasteiger partial charge in [-0.05, 0) is 48.8 Å². The highest BCUT2D eigenvalue weighted by Gasteiger charge is 2.28. The van der Waals surface area contributed by atoms with Gasteiger partial charge in [0, 0.05) is 17.5 Å². The highest BCUT2D eigenvalue weighted by molar-refractivity contribution is 7.99. The van der Waals surface area contributed by atoms with Crippen LogP contribution in [0.4, 0.5) is 4.39 Å². The molecule has 2 rings (SSSR count). The Labute approximate surface area is 118 Å². The van der Waals surface area contributed by atoms with Gasteiger partial charge in [-0.1, -0.05) is 13.8 Å². The van der Waals surface area contributed by atoms with Gasteiger partial charge in [-0.15, -0.1) is 11.8 Å². The average molecular weight is 283 g/mol. The molecule has 106 valence electrons. The molecule has 1 heterocycles. The fourth-order valence-electron chi connectivity index (χ4n) is 2.11. The van der Waals surface area contributed by atoms with Gasteiger partial charge in [-0.3, -0.25) is 0 Å². The first-order chi connectivity index (χ1) is 8.90. The van der Waals surface area contributed by atoms with Gasteiger partial charge in [0.25, 0.3) is 0 Å². The Morgan fingerprint density at radius 2 is 2.26 bits per heavy atom. The molecule has 0 saturated carbocycles. The molecule has 0 bridgehead atoms. The van der Waals surface area contributed by atoms with Gasteiger partial charge in [0.05, 0.1) is 5.60 Å². The molecule has 0 aliphatic carbocycles. The van der Waals surface area contributed by atoms with Crippen LogP contribution in [0.15, 0.2) is 23.1 Å². The van der Waals surface area contributed by atoms with E-state index < -0.39 is 5.60 Å². The molecule has 0 spiro atoms. The van der Waals surface area contributed by atoms with Crippen molar-refractivity contribution in [3.05, 3.63) is 29.6 Å². The summed E-state index contributed by atoms with van der Waals surface area (Å²) in [4.78, 5) is 1.15. The summed E-state index contributed by atoms with van der Waals surface area (Å²) in [6.07, 6.45) is 0.968. The van der Waals surface area contributed by atoms with Crippen molar-refractivity contribution in [2.45, 2.75) is 43.7 Å². The minimum atomic E-state index is -0.738. The fraction of sp³-hybridized carbons (Fsp3) is 0.600. The predicted octanol–water partition coefficient (Wildman–Crippen LogP) is 3.36. The van der Waals surface area contributed by atoms with Gasteiger partial charge in [0.2, 0.25) is 0 Å². The second-order valence-corrected chi connectivity index (χ2v) is 6.90. The SMILES string of the molecule is CC(C)C(C)(O)CNC1CCSc2ccc(F)cc21. The van der Waals surface area contributed by atoms with Crippen molar-refractivity contribution in [3.8, 4) is 0 Å². The minimum absolute atomic E-state index is 0.136. The smallest absolute Gasteiger partial charge is 0.123 e. The summed E-state index contributed by atoms with van der Waals surface area (Å²) < 4.78 is 13.4. The van der Waals surface area contributed by atoms with Crippen LogP contribution in [0.2, 0.25) is 0 Å². The highest BCUT2D eigenvalue weighted by Crippen LogP contribution is 2.36. The minimum Gasteiger partial charge on any atom is -0.389 e. The van der Waals surface area contributed by atoms with Crippen molar-refractivity contribution in [2.24, 2.45) is 5.92 Å². The van der Waals surface area contributed by atoms with Crippen molar-refractivity contribution in [2.75, 3.05) is 12.3 Å². The first-order valence-corrected chi connectivity index (χ1v) is 7.77. The van der Waals surface area contributed by atoms with E-state index in [0.717, 1.165) is 22.6 Å². The van der Waals surface area contributed by atoms with Crippen LogP contribution in [0.5, 0.6) is 0 Å². The van der Waals surface area contributed by atoms with Crippen LogP contribution in [0, 0.1) is 11.7 Å². The topological polar surface area (TPSA) is 32.3 Å². The molecular formula is C15H22FNOS. The third-order valence-corrected chi connectivity index (χ3v) is 5.08. The van der Waals surface area contributed by atoms with E-state index in [1.165, 1.54) is 6.07 Å². The molecule has 4 heteroatoms. The zero-order valence-corrected chi connectivity index (χ0v) is 12.6. The third-order valence-electron chi connectivity index (χ3n) is 3.96. The Hall–Kier alpha value is -0.580. The molecule has 19 heavy (non-hydrogen) atoms. The number of aliphatic hydroxyl groups is 1. The Bertz CT molecular complexity index is 448. The van der Waals surface area contributed by atoms with E-state index in [1.54, 1.807) is 17.8 Å². The second-order valence-electron chi connectivity index (χ2n) is 5.76. The van der Waals surface area contributed by atoms with Gasteiger partial charge in [0.15, 0.2) is 0 Å². The summed E-state index contributed by atoms with van der Waals surface area (Å²) in [7, 11) is 0. The number of fused-ring (bicyclic) bond motifs is 1. The maximum absolute atomic E-state index is 13.4. The maximum Gasteiger partial charge on any atom is 0.123 e. The van der Waals surface area contributed by atoms with Gasteiger partial charge >= 0.3 is 0 Å². The Kier molecular flexibility index (Phi) is 4.54. The van der Waals surface area contributed by atoms with Crippen LogP contribution in [-0.4, -0.2) is 23.0 Å². The molecule has 2 atom stereocenters. The number of benzene rings is 1. The van der Waals surface area contributed by atoms with Crippen molar-refractivity contribution < 1.29 is 9.50 Å². The van der Waals surface area contributed by atoms with Gasteiger partial charge < -0.3 is 10.4 Å². The maximum atomic E-state index is 13.4. The molecule has 1 aromatic rings. The number of rotatable bonds is 4. The number of thioether (sulfide) groups is 1. The summed E-state index contributed by atoms with van der Waals surface area (Å²) in [5.41, 5.74) is 0.286. The molecule has 0 aromatic heterocycles. The Morgan fingerprint density at radius 3 is 2.95 bits per heavy atom. The highest BCUT2D eigenvalue weighted by atomic mass is 32.2. The average Bonchev–Trinajstić information content (AvgIpc) is 2.36. The van der Waals surface area contributed by atoms with Crippen LogP contribution in [0.3, 0.4) is 0 Å². The molecular weight excluding hydrogens is 261 g/mol. The molecule has 2 unspecified atom stereocenters. The first-order valence-electron chi connectivity index (χ1n) is 6.78. The lowest BCUT2D eigenvalue weighted by atomic mass is 9.91. The normalized spacial score (nSPS) is 22.1. The molecule has 0 amide bonds. The largest absolute Gasteiger partial charge is 0.389 e. The van der Waals surface area contributed by atoms with Crippen LogP contribution in [0.25, 0.3) is 0 Å². The summed E-state index contributed by atoms with van der Waals surface area (Å²) in [5.74, 6) is 1.02. The van der Waals surface area contributed by atoms with Gasteiger partial charge in [-0.2, -0.15) is 0 Å². The monoisotopic (exact) mass is 283 g/mol. The molecule has 2 nitrogen and oxygen atoms in total. The number of halogens is 1. The lowest BCUT2D eigenvalue weighted by molar-refractivity contribution is 0.0115. The summed E-state index contributed by atoms with van der Waals surface area (Å²) in [5, 5.41) is 13.7. The summed E-state index contributed by atoms with van der Waals surface area (Å²) in [6.45, 7) is 6.38. The number of hydrogen-bond donors (Lipinski definition) is 2. The van der Waals surface area contributed by atoms with E-state index in [-0.39, 0.29) is 17.8 Å². The van der Waals surface area contributed by atoms with Gasteiger partial charge in [0.1, 0.15) is 5.82 Å². The zero-order valence-electron chi connectivity index (χ0n) is 11.7. The van der Waals surface area contributed by atoms with Crippen molar-refractivity contribution in [3.63, 3.8) is 0 Å². The third kappa shape index (κ3) is 3.50. The van der Waals surface area contributed by atoms with Crippen molar-refractivity contribution in [1.82, 2.24) is 5.32 Å². The molecule has 1 aromatic carbocycles. The lowest BCUT2D eigenvalue weighted by Crippen LogP contribution is -2.43. The molecule has 2 N–H and O–H groups in total. The summed E-state index contributed by atoms with van der Waals surface area (Å²) >= 11 is 1.77. The standard InChI is InChI=1S/C15H22FNOS/c1-10(2)15(3,18)9-17-13-6-7-19-14-5-4-11(16)8-12(13)14/h4-5,8,10,13,17-18H,6-7,9H2,1-3H3. The Morgan fingerprint density at radius 1 is 1.53 bits per heavy atom. The van der Waals surface area contributed by atoms with E-state index in [2.05, 4.69) is 5.32 Å². The van der Waals surface area contributed by atoms with Crippen LogP contribution in [-0.2, 0) is 0 Å². The van der Waals surface area contributed by atoms with Crippen LogP contribution >= 0.6 is 11.8 Å². The fourth-order valence-corrected chi connectivity index (χ4v) is 3.22. The first kappa shape index (κ1) is 14.8. The predicted molar refractivity (Wildman–Crippen MR) is 77.9 cm³/mol. The zero-order chi connectivity index (χ0) is 14.0. The van der Waals surface area contributed by atoms with E-state index in [0.29, 0.717) is 6.54 Å². The molecule has 0 saturated heterocycles. The van der Waals surface area contributed by atoms with Gasteiger partial charge in [-0.25, -0.2) is 4.39 Å². The van der Waals surface area contributed by atoms with E-state index >= 15 is 0 Å². The van der Waals surface area contributed by atoms with Crippen molar-refractivity contribution >= 4 is 11.8 Å². The van der Waals surface area contributed by atoms with E-state index in [1.807, 2.05) is 26.8 Å². The van der Waals surface area contributed by atoms with Crippen molar-refractivity contribution in [1.29, 1.82) is 0 Å². The molecule has 1 aliphatic rings. The van der Waals surface area contributed by atoms with Crippen LogP contribution < -0.4 is 5.32 Å². The molecule has 1 aliphatic heterocycles. The quantitative estimate of drug-likeness (QED) is 0.888. The lowest BCUT2D eigenvalue weighted by Gasteiger charge is -2.32. The van der Waals surface area contributed by atoms with Crippen LogP contribution in [0.1, 0.15) is 38.8 Å². The van der Waals surface area contributed by atoms with E-state index in [4.69, 9.17) is 0 Å². The van der Waals surface area contributed by atoms with E-state index in [9.17, 15) is 9.50 Å². The summed E-state index contributed by atoms with van der Waals surface area (Å²) in [6, 6.07) is 5.11. The number of hydrogen-bond acceptors (Lipinski definition) is 3. The molecule has 0 fully saturated rings. The molecule has 0 radical (unpaired) electrons. The Balaban J connectivity index is 2.09. The second kappa shape index (κ2) is 5.81.